The standard InChI is InChI=1S/C22H37N5O.HI/c1-17(18-9-7-6-8-10-18)27-15-11-19(12-16-27)26-21(23-5)25-14-13-24-20(28)22(2,3)4;/h6-10,17,19H,11-16H2,1-5H3,(H,24,28)(H2,23,25,26);1H. The summed E-state index contributed by atoms with van der Waals surface area (Å²) < 4.78 is 0. The van der Waals surface area contributed by atoms with Gasteiger partial charge in [-0.3, -0.25) is 14.7 Å². The number of hydrogen-bond donors (Lipinski definition) is 3. The predicted molar refractivity (Wildman–Crippen MR) is 132 cm³/mol. The highest BCUT2D eigenvalue weighted by molar-refractivity contribution is 14.0. The second-order valence-electron chi connectivity index (χ2n) is 8.55. The monoisotopic (exact) mass is 515 g/mol. The summed E-state index contributed by atoms with van der Waals surface area (Å²) in [4.78, 5) is 18.8. The number of carbonyl (C=O) groups is 1. The number of amides is 1. The molecule has 164 valence electrons. The zero-order chi connectivity index (χ0) is 20.6. The molecule has 29 heavy (non-hydrogen) atoms. The number of nitrogens with one attached hydrogen (secondary N) is 3. The first-order valence-electron chi connectivity index (χ1n) is 10.4. The molecule has 0 spiro atoms. The first-order valence-corrected chi connectivity index (χ1v) is 10.4. The molecule has 1 unspecified atom stereocenters. The second-order valence-corrected chi connectivity index (χ2v) is 8.55. The highest BCUT2D eigenvalue weighted by Crippen LogP contribution is 2.23. The minimum atomic E-state index is -0.356. The molecule has 3 N–H and O–H groups in total. The van der Waals surface area contributed by atoms with Crippen molar-refractivity contribution in [2.45, 2.75) is 52.6 Å². The van der Waals surface area contributed by atoms with Crippen LogP contribution in [0.2, 0.25) is 0 Å². The van der Waals surface area contributed by atoms with Gasteiger partial charge >= 0.3 is 0 Å². The van der Waals surface area contributed by atoms with Gasteiger partial charge in [0.2, 0.25) is 5.91 Å². The molecule has 1 aromatic carbocycles. The van der Waals surface area contributed by atoms with Crippen molar-refractivity contribution in [1.29, 1.82) is 0 Å². The molecule has 1 fully saturated rings. The number of benzene rings is 1. The fourth-order valence-corrected chi connectivity index (χ4v) is 3.38. The summed E-state index contributed by atoms with van der Waals surface area (Å²) in [5, 5.41) is 9.77. The molecule has 1 atom stereocenters. The van der Waals surface area contributed by atoms with E-state index in [9.17, 15) is 4.79 Å². The third-order valence-electron chi connectivity index (χ3n) is 5.31. The van der Waals surface area contributed by atoms with Crippen molar-refractivity contribution < 1.29 is 4.79 Å². The lowest BCUT2D eigenvalue weighted by Crippen LogP contribution is -2.50. The molecule has 7 heteroatoms. The van der Waals surface area contributed by atoms with Crippen molar-refractivity contribution in [2.75, 3.05) is 33.2 Å². The first-order chi connectivity index (χ1) is 13.3. The quantitative estimate of drug-likeness (QED) is 0.236. The lowest BCUT2D eigenvalue weighted by Gasteiger charge is -2.37. The van der Waals surface area contributed by atoms with Crippen molar-refractivity contribution in [3.8, 4) is 0 Å². The van der Waals surface area contributed by atoms with Crippen molar-refractivity contribution in [3.05, 3.63) is 35.9 Å². The summed E-state index contributed by atoms with van der Waals surface area (Å²) in [7, 11) is 1.79. The molecular weight excluding hydrogens is 477 g/mol. The van der Waals surface area contributed by atoms with Crippen LogP contribution in [0.3, 0.4) is 0 Å². The minimum Gasteiger partial charge on any atom is -0.355 e. The van der Waals surface area contributed by atoms with Gasteiger partial charge < -0.3 is 16.0 Å². The largest absolute Gasteiger partial charge is 0.355 e. The number of hydrogen-bond acceptors (Lipinski definition) is 3. The van der Waals surface area contributed by atoms with Crippen LogP contribution in [0.15, 0.2) is 35.3 Å². The third kappa shape index (κ3) is 8.50. The fraction of sp³-hybridized carbons (Fsp3) is 0.636. The molecule has 0 radical (unpaired) electrons. The van der Waals surface area contributed by atoms with Crippen LogP contribution in [-0.4, -0.2) is 56.0 Å². The summed E-state index contributed by atoms with van der Waals surface area (Å²) in [6, 6.07) is 11.6. The van der Waals surface area contributed by atoms with Crippen LogP contribution in [-0.2, 0) is 4.79 Å². The molecule has 1 heterocycles. The van der Waals surface area contributed by atoms with Crippen molar-refractivity contribution >= 4 is 35.8 Å². The Balaban J connectivity index is 0.00000420. The van der Waals surface area contributed by atoms with E-state index >= 15 is 0 Å². The van der Waals surface area contributed by atoms with Gasteiger partial charge in [-0.05, 0) is 25.3 Å². The van der Waals surface area contributed by atoms with E-state index in [0.717, 1.165) is 31.9 Å². The van der Waals surface area contributed by atoms with Crippen molar-refractivity contribution in [2.24, 2.45) is 10.4 Å². The highest BCUT2D eigenvalue weighted by Gasteiger charge is 2.24. The average Bonchev–Trinajstić information content (AvgIpc) is 2.70. The number of halogens is 1. The molecule has 6 nitrogen and oxygen atoms in total. The van der Waals surface area contributed by atoms with Gasteiger partial charge in [-0.2, -0.15) is 0 Å². The van der Waals surface area contributed by atoms with Gasteiger partial charge in [-0.1, -0.05) is 51.1 Å². The van der Waals surface area contributed by atoms with Gasteiger partial charge in [-0.15, -0.1) is 24.0 Å². The number of nitrogens with zero attached hydrogens (tertiary/aromatic N) is 2. The molecule has 1 aliphatic rings. The SMILES string of the molecule is CN=C(NCCNC(=O)C(C)(C)C)NC1CCN(C(C)c2ccccc2)CC1.I. The molecule has 2 rings (SSSR count). The Labute approximate surface area is 193 Å². The van der Waals surface area contributed by atoms with E-state index in [4.69, 9.17) is 0 Å². The predicted octanol–water partition coefficient (Wildman–Crippen LogP) is 3.16. The second kappa shape index (κ2) is 12.4. The molecule has 0 saturated carbocycles. The van der Waals surface area contributed by atoms with E-state index in [0.29, 0.717) is 25.2 Å². The van der Waals surface area contributed by atoms with E-state index < -0.39 is 0 Å². The number of likely N-dealkylation sites (tertiary alicyclic amines) is 1. The normalized spacial score (nSPS) is 17.2. The topological polar surface area (TPSA) is 68.8 Å². The maximum atomic E-state index is 11.9. The third-order valence-corrected chi connectivity index (χ3v) is 5.31. The summed E-state index contributed by atoms with van der Waals surface area (Å²) in [6.45, 7) is 11.4. The molecule has 0 bridgehead atoms. The lowest BCUT2D eigenvalue weighted by atomic mass is 9.96. The molecule has 0 aliphatic carbocycles. The van der Waals surface area contributed by atoms with E-state index in [1.54, 1.807) is 7.05 Å². The van der Waals surface area contributed by atoms with E-state index in [1.807, 2.05) is 20.8 Å². The molecule has 1 aromatic rings. The Bertz CT molecular complexity index is 636. The first kappa shape index (κ1) is 25.7. The van der Waals surface area contributed by atoms with Crippen LogP contribution >= 0.6 is 24.0 Å². The number of piperidine rings is 1. The smallest absolute Gasteiger partial charge is 0.225 e. The summed E-state index contributed by atoms with van der Waals surface area (Å²) in [6.07, 6.45) is 2.19. The van der Waals surface area contributed by atoms with Crippen molar-refractivity contribution in [1.82, 2.24) is 20.9 Å². The zero-order valence-corrected chi connectivity index (χ0v) is 20.8. The average molecular weight is 515 g/mol. The molecule has 0 aromatic heterocycles. The van der Waals surface area contributed by atoms with Gasteiger partial charge in [0.1, 0.15) is 0 Å². The van der Waals surface area contributed by atoms with Gasteiger partial charge in [0.25, 0.3) is 0 Å². The van der Waals surface area contributed by atoms with Gasteiger partial charge in [0.15, 0.2) is 5.96 Å². The van der Waals surface area contributed by atoms with Crippen LogP contribution in [0.25, 0.3) is 0 Å². The fourth-order valence-electron chi connectivity index (χ4n) is 3.38. The number of aliphatic imine (C=N–C) groups is 1. The maximum absolute atomic E-state index is 11.9. The van der Waals surface area contributed by atoms with Gasteiger partial charge in [0.05, 0.1) is 0 Å². The van der Waals surface area contributed by atoms with Crippen molar-refractivity contribution in [3.63, 3.8) is 0 Å². The number of guanidine groups is 1. The van der Waals surface area contributed by atoms with Crippen LogP contribution in [0, 0.1) is 5.41 Å². The summed E-state index contributed by atoms with van der Waals surface area (Å²) in [5.74, 6) is 0.872. The Morgan fingerprint density at radius 2 is 1.72 bits per heavy atom. The zero-order valence-electron chi connectivity index (χ0n) is 18.5. The number of carbonyl (C=O) groups excluding carboxylic acids is 1. The lowest BCUT2D eigenvalue weighted by molar-refractivity contribution is -0.128. The van der Waals surface area contributed by atoms with E-state index in [2.05, 4.69) is 63.1 Å². The van der Waals surface area contributed by atoms with Crippen LogP contribution in [0.1, 0.15) is 52.1 Å². The Hall–Kier alpha value is -1.35. The summed E-state index contributed by atoms with van der Waals surface area (Å²) in [5.41, 5.74) is 1.02. The van der Waals surface area contributed by atoms with E-state index in [-0.39, 0.29) is 35.3 Å². The van der Waals surface area contributed by atoms with Gasteiger partial charge in [-0.25, -0.2) is 0 Å². The van der Waals surface area contributed by atoms with E-state index in [1.165, 1.54) is 5.56 Å². The molecule has 1 amide bonds. The Kier molecular flexibility index (Phi) is 11.0. The Morgan fingerprint density at radius 3 is 2.28 bits per heavy atom. The highest BCUT2D eigenvalue weighted by atomic mass is 127. The Morgan fingerprint density at radius 1 is 1.14 bits per heavy atom. The van der Waals surface area contributed by atoms with Crippen LogP contribution in [0.5, 0.6) is 0 Å². The maximum Gasteiger partial charge on any atom is 0.225 e. The number of rotatable bonds is 6. The summed E-state index contributed by atoms with van der Waals surface area (Å²) >= 11 is 0. The van der Waals surface area contributed by atoms with Gasteiger partial charge in [0, 0.05) is 50.7 Å². The molecular formula is C22H38IN5O. The molecule has 1 saturated heterocycles. The van der Waals surface area contributed by atoms with Crippen LogP contribution in [0.4, 0.5) is 0 Å². The minimum absolute atomic E-state index is 0. The molecule has 1 aliphatic heterocycles. The van der Waals surface area contributed by atoms with Crippen LogP contribution < -0.4 is 16.0 Å².